The molecule has 7 rings (SSSR count). The molecule has 15 heteroatoms. The first-order valence-electron chi connectivity index (χ1n) is 20.7. The molecule has 13 nitrogen and oxygen atoms in total. The second kappa shape index (κ2) is 31.6. The van der Waals surface area contributed by atoms with E-state index in [1.165, 1.54) is 6.92 Å². The van der Waals surface area contributed by atoms with Gasteiger partial charge in [0.15, 0.2) is 11.6 Å². The van der Waals surface area contributed by atoms with Crippen LogP contribution in [0.25, 0.3) is 0 Å². The molecule has 0 saturated heterocycles. The van der Waals surface area contributed by atoms with Crippen LogP contribution in [0.1, 0.15) is 60.1 Å². The number of aliphatic imine (C=N–C) groups is 2. The number of ketones is 3. The van der Waals surface area contributed by atoms with Crippen molar-refractivity contribution < 1.29 is 48.7 Å². The van der Waals surface area contributed by atoms with E-state index in [1.54, 1.807) is 69.6 Å². The van der Waals surface area contributed by atoms with Gasteiger partial charge in [0.05, 0.1) is 59.8 Å². The average molecular weight is 911 g/mol. The zero-order valence-electron chi connectivity index (χ0n) is 37.7. The Bertz CT molecular complexity index is 2410. The smallest absolute Gasteiger partial charge is 0.365 e. The summed E-state index contributed by atoms with van der Waals surface area (Å²) < 4.78 is 4.98. The quantitative estimate of drug-likeness (QED) is 0.0604. The molecule has 3 aromatic heterocycles. The second-order valence-electron chi connectivity index (χ2n) is 14.1. The van der Waals surface area contributed by atoms with Crippen LogP contribution in [-0.4, -0.2) is 83.2 Å². The van der Waals surface area contributed by atoms with E-state index in [-0.39, 0.29) is 53.5 Å². The number of rotatable bonds is 16. The molecule has 0 saturated carbocycles. The molecule has 2 atom stereocenters. The van der Waals surface area contributed by atoms with Gasteiger partial charge >= 0.3 is 29.6 Å². The number of ether oxygens (including phenoxy) is 1. The van der Waals surface area contributed by atoms with Crippen LogP contribution < -0.4 is 35.3 Å². The maximum absolute atomic E-state index is 12.2. The first-order valence-corrected chi connectivity index (χ1v) is 21.3. The van der Waals surface area contributed by atoms with Gasteiger partial charge in [-0.1, -0.05) is 121 Å². The summed E-state index contributed by atoms with van der Waals surface area (Å²) in [7, 11) is 0. The van der Waals surface area contributed by atoms with Gasteiger partial charge in [-0.25, -0.2) is 0 Å². The van der Waals surface area contributed by atoms with Crippen molar-refractivity contribution in [3.05, 3.63) is 216 Å². The molecule has 66 heavy (non-hydrogen) atoms. The maximum atomic E-state index is 12.2. The fourth-order valence-electron chi connectivity index (χ4n) is 5.67. The van der Waals surface area contributed by atoms with E-state index in [2.05, 4.69) is 47.5 Å². The summed E-state index contributed by atoms with van der Waals surface area (Å²) >= 11 is 3.88. The minimum atomic E-state index is -0.493. The monoisotopic (exact) mass is 910 g/mol. The first kappa shape index (κ1) is 54.1. The molecule has 7 aromatic rings. The van der Waals surface area contributed by atoms with Gasteiger partial charge in [-0.15, -0.1) is 0 Å². The largest absolute Gasteiger partial charge is 1.00 e. The van der Waals surface area contributed by atoms with Crippen LogP contribution in [0.2, 0.25) is 0 Å². The van der Waals surface area contributed by atoms with Gasteiger partial charge < -0.3 is 10.5 Å². The second-order valence-corrected chi connectivity index (χ2v) is 14.4. The van der Waals surface area contributed by atoms with E-state index in [1.807, 2.05) is 121 Å². The maximum Gasteiger partial charge on any atom is 1.00 e. The molecule has 0 radical (unpaired) electrons. The van der Waals surface area contributed by atoms with Crippen molar-refractivity contribution in [1.82, 2.24) is 29.9 Å². The average Bonchev–Trinajstić information content (AvgIpc) is 3.35. The minimum absolute atomic E-state index is 0. The summed E-state index contributed by atoms with van der Waals surface area (Å²) in [4.78, 5) is 67.4. The third-order valence-corrected chi connectivity index (χ3v) is 9.13. The number of aromatic nitrogens is 6. The summed E-state index contributed by atoms with van der Waals surface area (Å²) in [6.07, 6.45) is 15.5. The third-order valence-electron chi connectivity index (χ3n) is 8.95. The van der Waals surface area contributed by atoms with Gasteiger partial charge in [0.25, 0.3) is 0 Å². The van der Waals surface area contributed by atoms with Gasteiger partial charge in [0.2, 0.25) is 0 Å². The fraction of sp³-hybridized carbons (Fsp3) is 0.196. The Morgan fingerprint density at radius 2 is 0.955 bits per heavy atom. The van der Waals surface area contributed by atoms with E-state index in [9.17, 15) is 14.4 Å². The molecule has 0 bridgehead atoms. The van der Waals surface area contributed by atoms with Crippen LogP contribution in [0.5, 0.6) is 0 Å². The van der Waals surface area contributed by atoms with E-state index in [0.29, 0.717) is 25.4 Å². The molecule has 2 unspecified atom stereocenters. The van der Waals surface area contributed by atoms with E-state index >= 15 is 0 Å². The zero-order chi connectivity index (χ0) is 46.5. The van der Waals surface area contributed by atoms with Gasteiger partial charge in [-0.05, 0) is 20.8 Å². The summed E-state index contributed by atoms with van der Waals surface area (Å²) in [6, 6.07) is 38.7. The van der Waals surface area contributed by atoms with E-state index in [0.717, 1.165) is 50.8 Å². The van der Waals surface area contributed by atoms with Crippen LogP contribution in [0.3, 0.4) is 0 Å². The normalized spacial score (nSPS) is 10.8. The van der Waals surface area contributed by atoms with Crippen LogP contribution in [-0.2, 0) is 38.6 Å². The molecule has 2 N–H and O–H groups in total. The number of hydrogen-bond acceptors (Lipinski definition) is 14. The summed E-state index contributed by atoms with van der Waals surface area (Å²) in [5.41, 5.74) is 13.6. The molecular formula is C51H53N9NaO4S+. The van der Waals surface area contributed by atoms with Crippen LogP contribution in [0, 0.1) is 0 Å². The van der Waals surface area contributed by atoms with Crippen molar-refractivity contribution in [1.29, 1.82) is 0 Å². The number of benzene rings is 4. The third kappa shape index (κ3) is 20.7. The molecule has 332 valence electrons. The van der Waals surface area contributed by atoms with Crippen molar-refractivity contribution in [2.24, 2.45) is 15.7 Å². The van der Waals surface area contributed by atoms with Crippen molar-refractivity contribution in [3.8, 4) is 0 Å². The Labute approximate surface area is 414 Å². The molecule has 3 heterocycles. The molecular weight excluding hydrogens is 858 g/mol. The van der Waals surface area contributed by atoms with Gasteiger partial charge in [0, 0.05) is 84.7 Å². The number of thiol groups is 1. The van der Waals surface area contributed by atoms with E-state index in [4.69, 9.17) is 15.5 Å². The fourth-order valence-corrected chi connectivity index (χ4v) is 5.76. The molecule has 0 aliphatic rings. The Morgan fingerprint density at radius 3 is 1.30 bits per heavy atom. The summed E-state index contributed by atoms with van der Waals surface area (Å²) in [6.45, 7) is 5.30. The standard InChI is InChI=1S/C21H19N3O.C16H15NO.C8H11N3O.C6H8N2OS.Na/c1-16(25)20(14-19-15-22-12-13-23-19)24-21(17-8-4-2-5-9-17)18-10-6-3-7-11-18;1-13(18)12-17-16(14-8-4-2-5-9-14)15-10-6-3-7-11-15;1-6(12)8(9)4-7-5-10-2-3-11-7;10-5-9-4-6-3-7-1-2-8-6;/h2-13,15,20H,14H2,1H3;2-11H,12H2,1H3;2-3,5,8H,4,9H2,1H3;1-3,10H,4-5H2;/q;;;;+1. The Morgan fingerprint density at radius 1 is 0.561 bits per heavy atom. The van der Waals surface area contributed by atoms with Crippen molar-refractivity contribution in [2.45, 2.75) is 52.3 Å². The predicted octanol–water partition coefficient (Wildman–Crippen LogP) is 4.45. The van der Waals surface area contributed by atoms with Gasteiger partial charge in [0.1, 0.15) is 11.8 Å². The van der Waals surface area contributed by atoms with Crippen molar-refractivity contribution >= 4 is 41.4 Å². The van der Waals surface area contributed by atoms with Crippen molar-refractivity contribution in [3.63, 3.8) is 0 Å². The predicted molar refractivity (Wildman–Crippen MR) is 258 cm³/mol. The molecule has 0 fully saturated rings. The number of carbonyl (C=O) groups excluding carboxylic acids is 3. The SMILES string of the molecule is CC(=O)C(Cc1cnccn1)N=C(c1ccccc1)c1ccccc1.CC(=O)C(N)Cc1cnccn1.CC(=O)CN=C(c1ccccc1)c1ccccc1.SCOCc1cnccn1.[Na+]. The number of Topliss-reactive ketones (excluding diaryl/α,β-unsaturated/α-hetero) is 3. The number of nitrogens with two attached hydrogens (primary N) is 1. The molecule has 0 spiro atoms. The number of hydrogen-bond donors (Lipinski definition) is 2. The Kier molecular flexibility index (Phi) is 25.9. The van der Waals surface area contributed by atoms with E-state index < -0.39 is 12.1 Å². The minimum Gasteiger partial charge on any atom is -0.365 e. The molecule has 0 amide bonds. The molecule has 4 aromatic carbocycles. The Balaban J connectivity index is 0.000000247. The summed E-state index contributed by atoms with van der Waals surface area (Å²) in [5, 5.41) is 0. The molecule has 0 aliphatic heterocycles. The first-order chi connectivity index (χ1) is 31.6. The topological polar surface area (TPSA) is 189 Å². The van der Waals surface area contributed by atoms with Crippen LogP contribution >= 0.6 is 12.6 Å². The van der Waals surface area contributed by atoms with Crippen LogP contribution in [0.15, 0.2) is 187 Å². The zero-order valence-corrected chi connectivity index (χ0v) is 40.6. The number of carbonyl (C=O) groups is 3. The number of nitrogens with zero attached hydrogens (tertiary/aromatic N) is 8. The van der Waals surface area contributed by atoms with Gasteiger partial charge in [-0.2, -0.15) is 12.6 Å². The molecule has 0 aliphatic carbocycles. The van der Waals surface area contributed by atoms with Gasteiger partial charge in [-0.3, -0.25) is 54.3 Å². The Hall–Kier alpha value is -6.26. The van der Waals surface area contributed by atoms with Crippen LogP contribution in [0.4, 0.5) is 0 Å². The van der Waals surface area contributed by atoms with Crippen molar-refractivity contribution in [2.75, 3.05) is 12.5 Å². The summed E-state index contributed by atoms with van der Waals surface area (Å²) in [5.74, 6) is 0.464.